The largest absolute Gasteiger partial charge is 0.456 e. The maximum Gasteiger partial charge on any atom is 0.338 e. The van der Waals surface area contributed by atoms with Gasteiger partial charge in [-0.3, -0.25) is 9.59 Å². The van der Waals surface area contributed by atoms with Gasteiger partial charge >= 0.3 is 17.9 Å². The number of ketones is 1. The van der Waals surface area contributed by atoms with Crippen LogP contribution in [0.1, 0.15) is 83.3 Å². The van der Waals surface area contributed by atoms with E-state index in [-0.39, 0.29) is 35.8 Å². The SMILES string of the molecule is CC(=O)O[C@@]12CO[C@@H]1C[C@H](O)[C@@]1(C)C(=O)[C@H](O)C3=C(C)[C@@H](OC(=O)[C@H](O)[C@@H](NC(C)C)c4ccccc4)C[C@@](O)([C@@H](OC(=O)c4ccccc4)[C@H]21)C3(C)C. The minimum absolute atomic E-state index is 0.00890. The van der Waals surface area contributed by atoms with Crippen molar-refractivity contribution in [3.8, 4) is 0 Å². The van der Waals surface area contributed by atoms with Gasteiger partial charge in [-0.25, -0.2) is 9.59 Å². The third-order valence-corrected chi connectivity index (χ3v) is 12.4. The van der Waals surface area contributed by atoms with Gasteiger partial charge in [-0.2, -0.15) is 0 Å². The minimum Gasteiger partial charge on any atom is -0.456 e. The highest BCUT2D eigenvalue weighted by Gasteiger charge is 2.78. The Morgan fingerprint density at radius 2 is 1.57 bits per heavy atom. The van der Waals surface area contributed by atoms with Gasteiger partial charge in [0.1, 0.15) is 30.0 Å². The van der Waals surface area contributed by atoms with E-state index in [9.17, 15) is 39.6 Å². The fourth-order valence-electron chi connectivity index (χ4n) is 9.51. The molecule has 1 aliphatic heterocycles. The average Bonchev–Trinajstić information content (AvgIpc) is 3.12. The van der Waals surface area contributed by atoms with E-state index in [1.807, 2.05) is 13.8 Å². The second-order valence-corrected chi connectivity index (χ2v) is 16.2. The molecule has 0 radical (unpaired) electrons. The molecule has 1 saturated heterocycles. The number of hydrogen-bond acceptors (Lipinski definition) is 13. The summed E-state index contributed by atoms with van der Waals surface area (Å²) in [5.41, 5.74) is -6.48. The molecule has 2 aromatic carbocycles. The van der Waals surface area contributed by atoms with Crippen LogP contribution in [0.15, 0.2) is 71.8 Å². The van der Waals surface area contributed by atoms with Crippen LogP contribution in [0.2, 0.25) is 0 Å². The number of carbonyl (C=O) groups excluding carboxylic acids is 4. The number of esters is 3. The first-order valence-corrected chi connectivity index (χ1v) is 18.4. The summed E-state index contributed by atoms with van der Waals surface area (Å²) in [6, 6.07) is 15.8. The smallest absolute Gasteiger partial charge is 0.338 e. The van der Waals surface area contributed by atoms with Gasteiger partial charge in [-0.1, -0.05) is 76.2 Å². The molecule has 3 fully saturated rings. The molecule has 5 N–H and O–H groups in total. The van der Waals surface area contributed by atoms with Gasteiger partial charge in [-0.05, 0) is 42.7 Å². The molecule has 2 bridgehead atoms. The summed E-state index contributed by atoms with van der Waals surface area (Å²) in [4.78, 5) is 55.7. The van der Waals surface area contributed by atoms with E-state index in [4.69, 9.17) is 18.9 Å². The second-order valence-electron chi connectivity index (χ2n) is 16.2. The van der Waals surface area contributed by atoms with Crippen molar-refractivity contribution in [3.63, 3.8) is 0 Å². The molecule has 13 heteroatoms. The first-order valence-electron chi connectivity index (χ1n) is 18.4. The van der Waals surface area contributed by atoms with Gasteiger partial charge in [0.2, 0.25) is 0 Å². The Kier molecular flexibility index (Phi) is 10.5. The molecule has 4 aliphatic rings. The highest BCUT2D eigenvalue weighted by Crippen LogP contribution is 2.64. The number of ether oxygens (including phenoxy) is 4. The summed E-state index contributed by atoms with van der Waals surface area (Å²) in [5, 5.41) is 52.0. The Hall–Kier alpha value is -3.98. The predicted molar refractivity (Wildman–Crippen MR) is 193 cm³/mol. The molecule has 13 nitrogen and oxygen atoms in total. The third kappa shape index (κ3) is 6.18. The highest BCUT2D eigenvalue weighted by molar-refractivity contribution is 5.94. The molecule has 1 heterocycles. The zero-order chi connectivity index (χ0) is 39.5. The van der Waals surface area contributed by atoms with Crippen LogP contribution >= 0.6 is 0 Å². The van der Waals surface area contributed by atoms with Gasteiger partial charge in [0.05, 0.1) is 35.6 Å². The third-order valence-electron chi connectivity index (χ3n) is 12.4. The van der Waals surface area contributed by atoms with Crippen molar-refractivity contribution in [1.82, 2.24) is 5.32 Å². The summed E-state index contributed by atoms with van der Waals surface area (Å²) in [6.07, 6.45) is -9.76. The summed E-state index contributed by atoms with van der Waals surface area (Å²) >= 11 is 0. The lowest BCUT2D eigenvalue weighted by atomic mass is 9.44. The summed E-state index contributed by atoms with van der Waals surface area (Å²) < 4.78 is 24.2. The number of aliphatic hydroxyl groups is 4. The van der Waals surface area contributed by atoms with Crippen molar-refractivity contribution in [2.24, 2.45) is 16.7 Å². The molecule has 292 valence electrons. The van der Waals surface area contributed by atoms with E-state index in [0.29, 0.717) is 5.56 Å². The van der Waals surface area contributed by atoms with Crippen molar-refractivity contribution in [2.75, 3.05) is 6.61 Å². The average molecular weight is 750 g/mol. The van der Waals surface area contributed by atoms with Crippen molar-refractivity contribution in [2.45, 2.75) is 121 Å². The van der Waals surface area contributed by atoms with Crippen LogP contribution in [-0.4, -0.2) is 105 Å². The van der Waals surface area contributed by atoms with Gasteiger partial charge in [0.25, 0.3) is 0 Å². The molecule has 0 aromatic heterocycles. The lowest BCUT2D eigenvalue weighted by Gasteiger charge is -2.67. The number of rotatable bonds is 9. The van der Waals surface area contributed by atoms with Gasteiger partial charge < -0.3 is 44.7 Å². The molecule has 2 saturated carbocycles. The monoisotopic (exact) mass is 749 g/mol. The van der Waals surface area contributed by atoms with Crippen molar-refractivity contribution in [3.05, 3.63) is 82.9 Å². The molecule has 6 rings (SSSR count). The van der Waals surface area contributed by atoms with Crippen LogP contribution in [0.3, 0.4) is 0 Å². The van der Waals surface area contributed by atoms with Crippen molar-refractivity contribution in [1.29, 1.82) is 0 Å². The van der Waals surface area contributed by atoms with Crippen LogP contribution in [0.4, 0.5) is 0 Å². The fourth-order valence-corrected chi connectivity index (χ4v) is 9.51. The van der Waals surface area contributed by atoms with E-state index in [0.717, 1.165) is 0 Å². The summed E-state index contributed by atoms with van der Waals surface area (Å²) in [5.74, 6) is -4.98. The summed E-state index contributed by atoms with van der Waals surface area (Å²) in [7, 11) is 0. The Morgan fingerprint density at radius 1 is 0.963 bits per heavy atom. The molecule has 3 aliphatic carbocycles. The van der Waals surface area contributed by atoms with Gasteiger partial charge in [0, 0.05) is 31.2 Å². The lowest BCUT2D eigenvalue weighted by molar-refractivity contribution is -0.346. The Labute approximate surface area is 314 Å². The Balaban J connectivity index is 1.52. The summed E-state index contributed by atoms with van der Waals surface area (Å²) in [6.45, 7) is 10.8. The van der Waals surface area contributed by atoms with Crippen molar-refractivity contribution < 1.29 is 58.6 Å². The number of hydrogen-bond donors (Lipinski definition) is 5. The predicted octanol–water partition coefficient (Wildman–Crippen LogP) is 2.73. The Morgan fingerprint density at radius 3 is 2.13 bits per heavy atom. The van der Waals surface area contributed by atoms with Crippen LogP contribution in [0.5, 0.6) is 0 Å². The first-order chi connectivity index (χ1) is 25.3. The van der Waals surface area contributed by atoms with E-state index in [2.05, 4.69) is 5.32 Å². The number of fused-ring (bicyclic) bond motifs is 5. The number of aliphatic hydroxyl groups excluding tert-OH is 3. The maximum atomic E-state index is 14.9. The van der Waals surface area contributed by atoms with Gasteiger partial charge in [0.15, 0.2) is 17.5 Å². The molecular formula is C41H51NO12. The topological polar surface area (TPSA) is 198 Å². The molecular weight excluding hydrogens is 698 g/mol. The number of Topliss-reactive ketones (excluding diaryl/α,β-unsaturated/α-hetero) is 1. The van der Waals surface area contributed by atoms with Crippen LogP contribution in [0.25, 0.3) is 0 Å². The second kappa shape index (κ2) is 14.3. The molecule has 0 amide bonds. The lowest BCUT2D eigenvalue weighted by Crippen LogP contribution is -2.81. The minimum atomic E-state index is -2.27. The van der Waals surface area contributed by atoms with E-state index in [1.54, 1.807) is 69.3 Å². The number of benzene rings is 2. The fraction of sp³-hybridized carbons (Fsp3) is 0.561. The first kappa shape index (κ1) is 39.7. The zero-order valence-electron chi connectivity index (χ0n) is 31.6. The normalized spacial score (nSPS) is 35.3. The molecule has 11 atom stereocenters. The highest BCUT2D eigenvalue weighted by atomic mass is 16.6. The molecule has 54 heavy (non-hydrogen) atoms. The van der Waals surface area contributed by atoms with Crippen molar-refractivity contribution >= 4 is 23.7 Å². The van der Waals surface area contributed by atoms with Crippen LogP contribution < -0.4 is 5.32 Å². The van der Waals surface area contributed by atoms with Crippen LogP contribution in [0, 0.1) is 16.7 Å². The van der Waals surface area contributed by atoms with E-state index >= 15 is 0 Å². The van der Waals surface area contributed by atoms with E-state index < -0.39 is 101 Å². The van der Waals surface area contributed by atoms with E-state index in [1.165, 1.54) is 26.0 Å². The standard InChI is InChI=1S/C41H51NO12/c1-21(2)42-30(24-14-10-8-11-15-24)32(46)37(49)52-26-19-41(50)35(53-36(48)25-16-12-9-13-17-25)33-39(7,34(47)31(45)29(22(26)3)38(41,5)6)27(44)18-28-40(33,20-51-28)54-23(4)43/h8-17,21,26-28,30-33,35,42,44-46,50H,18-20H2,1-7H3/t26-,27-,28+,30-,31+,32+,33-,35-,39+,40-,41+/m0/s1. The molecule has 2 aromatic rings. The Bertz CT molecular complexity index is 1810. The van der Waals surface area contributed by atoms with Gasteiger partial charge in [-0.15, -0.1) is 0 Å². The quantitative estimate of drug-likeness (QED) is 0.143. The molecule has 0 spiro atoms. The van der Waals surface area contributed by atoms with Crippen LogP contribution in [-0.2, 0) is 33.3 Å². The number of nitrogens with one attached hydrogen (secondary N) is 1. The zero-order valence-corrected chi connectivity index (χ0v) is 31.6. The maximum absolute atomic E-state index is 14.9. The number of carbonyl (C=O) groups is 4. The molecule has 0 unspecified atom stereocenters.